The molecule has 2 aliphatic rings. The van der Waals surface area contributed by atoms with Crippen LogP contribution in [0.15, 0.2) is 18.5 Å². The van der Waals surface area contributed by atoms with Gasteiger partial charge in [0.1, 0.15) is 5.54 Å². The second-order valence-corrected chi connectivity index (χ2v) is 7.11. The van der Waals surface area contributed by atoms with E-state index in [2.05, 4.69) is 15.7 Å². The van der Waals surface area contributed by atoms with Crippen molar-refractivity contribution in [2.75, 3.05) is 32.7 Å². The summed E-state index contributed by atoms with van der Waals surface area (Å²) in [6.45, 7) is 5.60. The van der Waals surface area contributed by atoms with Crippen molar-refractivity contribution in [3.8, 4) is 0 Å². The molecule has 0 aromatic carbocycles. The zero-order valence-corrected chi connectivity index (χ0v) is 16.3. The van der Waals surface area contributed by atoms with Gasteiger partial charge in [-0.05, 0) is 51.3 Å². The number of carbonyl (C=O) groups excluding carboxylic acids is 2. The summed E-state index contributed by atoms with van der Waals surface area (Å²) in [5, 5.41) is 10.7. The van der Waals surface area contributed by atoms with E-state index >= 15 is 0 Å². The third-order valence-corrected chi connectivity index (χ3v) is 5.40. The number of piperidine rings is 2. The van der Waals surface area contributed by atoms with Gasteiger partial charge in [0.2, 0.25) is 5.91 Å². The Bertz CT molecular complexity index is 586. The topological polar surface area (TPSA) is 79.3 Å². The first-order chi connectivity index (χ1) is 12.2. The first kappa shape index (κ1) is 20.7. The maximum Gasteiger partial charge on any atom is 0.250 e. The van der Waals surface area contributed by atoms with Crippen molar-refractivity contribution in [2.45, 2.75) is 44.6 Å². The smallest absolute Gasteiger partial charge is 0.250 e. The molecule has 0 aliphatic carbocycles. The highest BCUT2D eigenvalue weighted by Gasteiger charge is 2.45. The first-order valence-electron chi connectivity index (χ1n) is 9.45. The fourth-order valence-electron chi connectivity index (χ4n) is 3.97. The highest BCUT2D eigenvalue weighted by Crippen LogP contribution is 2.31. The minimum atomic E-state index is -0.615. The molecular weight excluding hydrogens is 354 g/mol. The van der Waals surface area contributed by atoms with Crippen LogP contribution in [0.2, 0.25) is 0 Å². The van der Waals surface area contributed by atoms with E-state index in [9.17, 15) is 9.59 Å². The molecule has 1 atom stereocenters. The third-order valence-electron chi connectivity index (χ3n) is 5.40. The van der Waals surface area contributed by atoms with E-state index < -0.39 is 5.54 Å². The van der Waals surface area contributed by atoms with Gasteiger partial charge in [-0.25, -0.2) is 0 Å². The third kappa shape index (κ3) is 4.20. The van der Waals surface area contributed by atoms with Crippen molar-refractivity contribution in [1.82, 2.24) is 25.3 Å². The Morgan fingerprint density at radius 1 is 1.35 bits per heavy atom. The molecule has 7 nitrogen and oxygen atoms in total. The predicted octanol–water partition coefficient (Wildman–Crippen LogP) is 1.15. The summed E-state index contributed by atoms with van der Waals surface area (Å²) in [4.78, 5) is 27.7. The lowest BCUT2D eigenvalue weighted by molar-refractivity contribution is -0.146. The van der Waals surface area contributed by atoms with Crippen molar-refractivity contribution in [3.05, 3.63) is 18.5 Å². The molecule has 2 fully saturated rings. The maximum absolute atomic E-state index is 13.5. The van der Waals surface area contributed by atoms with Crippen LogP contribution >= 0.6 is 12.4 Å². The molecule has 146 valence electrons. The second-order valence-electron chi connectivity index (χ2n) is 7.11. The number of nitrogens with zero attached hydrogens (tertiary/aromatic N) is 3. The lowest BCUT2D eigenvalue weighted by Gasteiger charge is -2.42. The Morgan fingerprint density at radius 2 is 2.12 bits per heavy atom. The SMILES string of the molecule is CCCNC(=O)C1CCCN(C(=O)C2(n3cccn3)CCNCC2)C1.Cl. The van der Waals surface area contributed by atoms with Crippen molar-refractivity contribution in [3.63, 3.8) is 0 Å². The summed E-state index contributed by atoms with van der Waals surface area (Å²) < 4.78 is 1.83. The van der Waals surface area contributed by atoms with Gasteiger partial charge in [-0.1, -0.05) is 6.92 Å². The van der Waals surface area contributed by atoms with Crippen molar-refractivity contribution in [1.29, 1.82) is 0 Å². The molecule has 1 aromatic heterocycles. The molecule has 2 N–H and O–H groups in total. The summed E-state index contributed by atoms with van der Waals surface area (Å²) in [7, 11) is 0. The van der Waals surface area contributed by atoms with E-state index in [-0.39, 0.29) is 30.1 Å². The lowest BCUT2D eigenvalue weighted by atomic mass is 9.85. The molecule has 1 aromatic rings. The van der Waals surface area contributed by atoms with Gasteiger partial charge in [0.05, 0.1) is 5.92 Å². The quantitative estimate of drug-likeness (QED) is 0.799. The molecule has 3 rings (SSSR count). The van der Waals surface area contributed by atoms with E-state index in [1.165, 1.54) is 0 Å². The van der Waals surface area contributed by atoms with Gasteiger partial charge >= 0.3 is 0 Å². The molecule has 3 heterocycles. The zero-order valence-electron chi connectivity index (χ0n) is 15.4. The Kier molecular flexibility index (Phi) is 7.46. The number of aromatic nitrogens is 2. The number of amides is 2. The van der Waals surface area contributed by atoms with Crippen LogP contribution in [0, 0.1) is 5.92 Å². The summed E-state index contributed by atoms with van der Waals surface area (Å²) in [5.41, 5.74) is -0.615. The van der Waals surface area contributed by atoms with E-state index in [1.54, 1.807) is 6.20 Å². The Morgan fingerprint density at radius 3 is 2.77 bits per heavy atom. The normalized spacial score (nSPS) is 22.3. The molecule has 0 spiro atoms. The second kappa shape index (κ2) is 9.37. The zero-order chi connectivity index (χ0) is 17.7. The summed E-state index contributed by atoms with van der Waals surface area (Å²) in [6, 6.07) is 1.87. The fraction of sp³-hybridized carbons (Fsp3) is 0.722. The molecule has 8 heteroatoms. The number of hydrogen-bond donors (Lipinski definition) is 2. The van der Waals surface area contributed by atoms with Gasteiger partial charge in [0.15, 0.2) is 0 Å². The van der Waals surface area contributed by atoms with Gasteiger partial charge in [-0.2, -0.15) is 5.10 Å². The molecule has 1 unspecified atom stereocenters. The molecule has 0 bridgehead atoms. The molecule has 0 saturated carbocycles. The average Bonchev–Trinajstić information content (AvgIpc) is 3.21. The van der Waals surface area contributed by atoms with Crippen molar-refractivity contribution in [2.24, 2.45) is 5.92 Å². The van der Waals surface area contributed by atoms with Crippen LogP contribution in [0.1, 0.15) is 39.0 Å². The average molecular weight is 384 g/mol. The monoisotopic (exact) mass is 383 g/mol. The van der Waals surface area contributed by atoms with Crippen molar-refractivity contribution >= 4 is 24.2 Å². The van der Waals surface area contributed by atoms with Crippen LogP contribution in [-0.4, -0.2) is 59.2 Å². The summed E-state index contributed by atoms with van der Waals surface area (Å²) in [6.07, 6.45) is 7.75. The minimum absolute atomic E-state index is 0. The van der Waals surface area contributed by atoms with E-state index in [0.29, 0.717) is 13.1 Å². The first-order valence-corrected chi connectivity index (χ1v) is 9.45. The van der Waals surface area contributed by atoms with Crippen molar-refractivity contribution < 1.29 is 9.59 Å². The highest BCUT2D eigenvalue weighted by atomic mass is 35.5. The highest BCUT2D eigenvalue weighted by molar-refractivity contribution is 5.86. The molecule has 2 amide bonds. The minimum Gasteiger partial charge on any atom is -0.356 e. The number of hydrogen-bond acceptors (Lipinski definition) is 4. The van der Waals surface area contributed by atoms with E-state index in [0.717, 1.165) is 51.7 Å². The van der Waals surface area contributed by atoms with Crippen LogP contribution in [0.3, 0.4) is 0 Å². The van der Waals surface area contributed by atoms with Gasteiger partial charge in [-0.15, -0.1) is 12.4 Å². The number of rotatable bonds is 5. The summed E-state index contributed by atoms with van der Waals surface area (Å²) in [5.74, 6) is 0.101. The van der Waals surface area contributed by atoms with Gasteiger partial charge in [0, 0.05) is 32.0 Å². The van der Waals surface area contributed by atoms with Crippen LogP contribution < -0.4 is 10.6 Å². The van der Waals surface area contributed by atoms with Gasteiger partial charge in [0.25, 0.3) is 5.91 Å². The molecule has 0 radical (unpaired) electrons. The molecule has 2 saturated heterocycles. The van der Waals surface area contributed by atoms with E-state index in [4.69, 9.17) is 0 Å². The number of likely N-dealkylation sites (tertiary alicyclic amines) is 1. The lowest BCUT2D eigenvalue weighted by Crippen LogP contribution is -2.58. The predicted molar refractivity (Wildman–Crippen MR) is 102 cm³/mol. The number of halogens is 1. The standard InChI is InChI=1S/C18H29N5O2.ClH/c1-2-8-20-16(24)15-5-3-12-22(14-15)17(25)18(6-10-19-11-7-18)23-13-4-9-21-23;/h4,9,13,15,19H,2-3,5-8,10-12,14H2,1H3,(H,20,24);1H. The Balaban J connectivity index is 0.00000243. The van der Waals surface area contributed by atoms with Gasteiger partial charge in [-0.3, -0.25) is 14.3 Å². The van der Waals surface area contributed by atoms with Gasteiger partial charge < -0.3 is 15.5 Å². The molecular formula is C18H30ClN5O2. The van der Waals surface area contributed by atoms with E-state index in [1.807, 2.05) is 28.8 Å². The molecule has 26 heavy (non-hydrogen) atoms. The fourth-order valence-corrected chi connectivity index (χ4v) is 3.97. The number of nitrogens with one attached hydrogen (secondary N) is 2. The van der Waals surface area contributed by atoms with Crippen LogP contribution in [-0.2, 0) is 15.1 Å². The maximum atomic E-state index is 13.5. The van der Waals surface area contributed by atoms with Crippen LogP contribution in [0.25, 0.3) is 0 Å². The summed E-state index contributed by atoms with van der Waals surface area (Å²) >= 11 is 0. The Labute approximate surface area is 161 Å². The Hall–Kier alpha value is -1.60. The number of carbonyl (C=O) groups is 2. The van der Waals surface area contributed by atoms with Crippen LogP contribution in [0.4, 0.5) is 0 Å². The van der Waals surface area contributed by atoms with Crippen LogP contribution in [0.5, 0.6) is 0 Å². The molecule has 2 aliphatic heterocycles. The largest absolute Gasteiger partial charge is 0.356 e.